The number of hydrogen-bond acceptors (Lipinski definition) is 4. The predicted octanol–water partition coefficient (Wildman–Crippen LogP) is 2.46. The molecule has 2 atom stereocenters. The molecule has 2 unspecified atom stereocenters. The summed E-state index contributed by atoms with van der Waals surface area (Å²) in [6, 6.07) is 4.03. The highest BCUT2D eigenvalue weighted by molar-refractivity contribution is 5.82. The Morgan fingerprint density at radius 3 is 2.96 bits per heavy atom. The predicted molar refractivity (Wildman–Crippen MR) is 93.5 cm³/mol. The molecule has 1 amide bonds. The van der Waals surface area contributed by atoms with Crippen LogP contribution in [0.4, 0.5) is 0 Å². The zero-order valence-corrected chi connectivity index (χ0v) is 15.1. The zero-order chi connectivity index (χ0) is 17.2. The second kappa shape index (κ2) is 7.19. The molecule has 2 fully saturated rings. The van der Waals surface area contributed by atoms with Gasteiger partial charge in [0.2, 0.25) is 5.91 Å². The highest BCUT2D eigenvalue weighted by atomic mass is 16.5. The van der Waals surface area contributed by atoms with E-state index in [1.54, 1.807) is 6.20 Å². The first kappa shape index (κ1) is 17.4. The van der Waals surface area contributed by atoms with Crippen molar-refractivity contribution in [2.24, 2.45) is 0 Å². The van der Waals surface area contributed by atoms with Gasteiger partial charge in [-0.3, -0.25) is 14.7 Å². The number of piperidine rings is 1. The third-order valence-electron chi connectivity index (χ3n) is 4.89. The lowest BCUT2D eigenvalue weighted by Gasteiger charge is -2.45. The monoisotopic (exact) mass is 331 g/mol. The van der Waals surface area contributed by atoms with E-state index >= 15 is 0 Å². The highest BCUT2D eigenvalue weighted by Gasteiger charge is 2.38. The van der Waals surface area contributed by atoms with Crippen LogP contribution in [0.2, 0.25) is 0 Å². The third-order valence-corrected chi connectivity index (χ3v) is 4.89. The Hall–Kier alpha value is -1.46. The minimum absolute atomic E-state index is 0.0138. The molecule has 0 aromatic carbocycles. The van der Waals surface area contributed by atoms with Crippen LogP contribution in [0.25, 0.3) is 0 Å². The first-order chi connectivity index (χ1) is 11.4. The molecule has 2 aliphatic heterocycles. The van der Waals surface area contributed by atoms with Gasteiger partial charge in [0, 0.05) is 32.0 Å². The maximum atomic E-state index is 13.2. The number of ether oxygens (including phenoxy) is 1. The van der Waals surface area contributed by atoms with Crippen LogP contribution < -0.4 is 0 Å². The van der Waals surface area contributed by atoms with Crippen molar-refractivity contribution in [2.75, 3.05) is 19.6 Å². The molecule has 5 nitrogen and oxygen atoms in total. The minimum Gasteiger partial charge on any atom is -0.369 e. The molecule has 0 bridgehead atoms. The summed E-state index contributed by atoms with van der Waals surface area (Å²) >= 11 is 0. The second-order valence-electron chi connectivity index (χ2n) is 7.75. The van der Waals surface area contributed by atoms with Crippen molar-refractivity contribution >= 4 is 5.91 Å². The average Bonchev–Trinajstić information content (AvgIpc) is 2.54. The van der Waals surface area contributed by atoms with Gasteiger partial charge in [0.25, 0.3) is 0 Å². The van der Waals surface area contributed by atoms with E-state index in [9.17, 15) is 4.79 Å². The molecular formula is C19H29N3O2. The van der Waals surface area contributed by atoms with Gasteiger partial charge in [-0.2, -0.15) is 0 Å². The molecule has 132 valence electrons. The molecule has 0 spiro atoms. The van der Waals surface area contributed by atoms with Gasteiger partial charge in [0.05, 0.1) is 17.7 Å². The fourth-order valence-electron chi connectivity index (χ4n) is 4.02. The Balaban J connectivity index is 1.71. The lowest BCUT2D eigenvalue weighted by atomic mass is 9.98. The van der Waals surface area contributed by atoms with Crippen molar-refractivity contribution in [1.29, 1.82) is 0 Å². The van der Waals surface area contributed by atoms with Crippen LogP contribution in [0.3, 0.4) is 0 Å². The summed E-state index contributed by atoms with van der Waals surface area (Å²) in [7, 11) is 0. The highest BCUT2D eigenvalue weighted by Crippen LogP contribution is 2.26. The van der Waals surface area contributed by atoms with E-state index in [4.69, 9.17) is 4.74 Å². The SMILES string of the molecule is CC1CN(C(=O)C2CCCCN2Cc2cccnc2)CC(C)(C)O1. The number of amides is 1. The van der Waals surface area contributed by atoms with Crippen molar-refractivity contribution in [2.45, 2.75) is 64.3 Å². The number of rotatable bonds is 3. The lowest BCUT2D eigenvalue weighted by molar-refractivity contribution is -0.163. The topological polar surface area (TPSA) is 45.7 Å². The molecule has 1 aromatic heterocycles. The number of hydrogen-bond donors (Lipinski definition) is 0. The summed E-state index contributed by atoms with van der Waals surface area (Å²) in [5.41, 5.74) is 0.906. The molecule has 0 N–H and O–H groups in total. The largest absolute Gasteiger partial charge is 0.369 e. The smallest absolute Gasteiger partial charge is 0.240 e. The number of carbonyl (C=O) groups is 1. The van der Waals surface area contributed by atoms with Gasteiger partial charge in [-0.1, -0.05) is 12.5 Å². The molecular weight excluding hydrogens is 302 g/mol. The molecule has 1 aromatic rings. The number of carbonyl (C=O) groups excluding carboxylic acids is 1. The van der Waals surface area contributed by atoms with E-state index in [0.29, 0.717) is 13.1 Å². The maximum Gasteiger partial charge on any atom is 0.240 e. The number of pyridine rings is 1. The molecule has 3 rings (SSSR count). The number of nitrogens with zero attached hydrogens (tertiary/aromatic N) is 3. The summed E-state index contributed by atoms with van der Waals surface area (Å²) < 4.78 is 5.95. The standard InChI is InChI=1S/C19H29N3O2/c1-15-12-22(14-19(2,3)24-15)18(23)17-8-4-5-10-21(17)13-16-7-6-9-20-11-16/h6-7,9,11,15,17H,4-5,8,10,12-14H2,1-3H3. The Bertz CT molecular complexity index is 561. The normalized spacial score (nSPS) is 27.9. The quantitative estimate of drug-likeness (QED) is 0.853. The van der Waals surface area contributed by atoms with Crippen molar-refractivity contribution in [3.8, 4) is 0 Å². The molecule has 0 saturated carbocycles. The maximum absolute atomic E-state index is 13.2. The van der Waals surface area contributed by atoms with E-state index in [0.717, 1.165) is 32.4 Å². The van der Waals surface area contributed by atoms with Crippen molar-refractivity contribution in [1.82, 2.24) is 14.8 Å². The first-order valence-corrected chi connectivity index (χ1v) is 9.04. The van der Waals surface area contributed by atoms with Crippen LogP contribution in [-0.4, -0.2) is 58.1 Å². The summed E-state index contributed by atoms with van der Waals surface area (Å²) in [5, 5.41) is 0. The lowest BCUT2D eigenvalue weighted by Crippen LogP contribution is -2.58. The molecule has 0 aliphatic carbocycles. The summed E-state index contributed by atoms with van der Waals surface area (Å²) in [6.07, 6.45) is 7.02. The molecule has 24 heavy (non-hydrogen) atoms. The van der Waals surface area contributed by atoms with E-state index in [1.165, 1.54) is 5.56 Å². The number of morpholine rings is 1. The van der Waals surface area contributed by atoms with Gasteiger partial charge in [-0.05, 0) is 51.8 Å². The number of likely N-dealkylation sites (tertiary alicyclic amines) is 1. The van der Waals surface area contributed by atoms with Gasteiger partial charge in [0.15, 0.2) is 0 Å². The van der Waals surface area contributed by atoms with Crippen molar-refractivity contribution < 1.29 is 9.53 Å². The van der Waals surface area contributed by atoms with Crippen LogP contribution in [-0.2, 0) is 16.1 Å². The molecule has 2 saturated heterocycles. The second-order valence-corrected chi connectivity index (χ2v) is 7.75. The van der Waals surface area contributed by atoms with Crippen LogP contribution in [0.1, 0.15) is 45.6 Å². The Labute approximate surface area is 145 Å². The van der Waals surface area contributed by atoms with Gasteiger partial charge in [-0.15, -0.1) is 0 Å². The zero-order valence-electron chi connectivity index (χ0n) is 15.1. The van der Waals surface area contributed by atoms with Crippen LogP contribution >= 0.6 is 0 Å². The van der Waals surface area contributed by atoms with Gasteiger partial charge < -0.3 is 9.64 Å². The average molecular weight is 331 g/mol. The van der Waals surface area contributed by atoms with Crippen LogP contribution in [0, 0.1) is 0 Å². The fourth-order valence-corrected chi connectivity index (χ4v) is 4.02. The van der Waals surface area contributed by atoms with E-state index in [-0.39, 0.29) is 23.7 Å². The Morgan fingerprint density at radius 1 is 1.42 bits per heavy atom. The minimum atomic E-state index is -0.268. The summed E-state index contributed by atoms with van der Waals surface area (Å²) in [5.74, 6) is 0.266. The molecule has 0 radical (unpaired) electrons. The summed E-state index contributed by atoms with van der Waals surface area (Å²) in [4.78, 5) is 21.7. The van der Waals surface area contributed by atoms with Gasteiger partial charge in [0.1, 0.15) is 0 Å². The Kier molecular flexibility index (Phi) is 5.21. The van der Waals surface area contributed by atoms with E-state index in [2.05, 4.69) is 36.7 Å². The molecule has 2 aliphatic rings. The molecule has 3 heterocycles. The van der Waals surface area contributed by atoms with E-state index in [1.807, 2.05) is 17.2 Å². The van der Waals surface area contributed by atoms with Crippen LogP contribution in [0.15, 0.2) is 24.5 Å². The molecule has 5 heteroatoms. The van der Waals surface area contributed by atoms with Crippen molar-refractivity contribution in [3.63, 3.8) is 0 Å². The Morgan fingerprint density at radius 2 is 2.25 bits per heavy atom. The van der Waals surface area contributed by atoms with Gasteiger partial charge >= 0.3 is 0 Å². The fraction of sp³-hybridized carbons (Fsp3) is 0.684. The summed E-state index contributed by atoms with van der Waals surface area (Å²) in [6.45, 7) is 9.33. The van der Waals surface area contributed by atoms with Gasteiger partial charge in [-0.25, -0.2) is 0 Å². The van der Waals surface area contributed by atoms with E-state index < -0.39 is 0 Å². The van der Waals surface area contributed by atoms with Crippen LogP contribution in [0.5, 0.6) is 0 Å². The van der Waals surface area contributed by atoms with Crippen molar-refractivity contribution in [3.05, 3.63) is 30.1 Å². The first-order valence-electron chi connectivity index (χ1n) is 9.04. The number of aromatic nitrogens is 1. The third kappa shape index (κ3) is 4.14.